The van der Waals surface area contributed by atoms with Crippen molar-refractivity contribution in [2.24, 2.45) is 0 Å². The highest BCUT2D eigenvalue weighted by Gasteiger charge is 2.09. The smallest absolute Gasteiger partial charge is 0.335 e. The summed E-state index contributed by atoms with van der Waals surface area (Å²) in [6, 6.07) is 16.4. The highest BCUT2D eigenvalue weighted by Crippen LogP contribution is 2.09. The summed E-state index contributed by atoms with van der Waals surface area (Å²) < 4.78 is 5.51. The third kappa shape index (κ3) is 6.02. The van der Waals surface area contributed by atoms with Gasteiger partial charge in [-0.3, -0.25) is 0 Å². The fourth-order valence-corrected chi connectivity index (χ4v) is 2.31. The lowest BCUT2D eigenvalue weighted by molar-refractivity contribution is 0.0697. The molecule has 5 heteroatoms. The van der Waals surface area contributed by atoms with Crippen LogP contribution in [0.2, 0.25) is 0 Å². The molecule has 2 aromatic rings. The molecule has 2 aromatic carbocycles. The largest absolute Gasteiger partial charge is 0.491 e. The van der Waals surface area contributed by atoms with Gasteiger partial charge in [-0.15, -0.1) is 0 Å². The number of aliphatic hydroxyl groups is 1. The minimum absolute atomic E-state index is 0.159. The van der Waals surface area contributed by atoms with E-state index < -0.39 is 12.1 Å². The Morgan fingerprint density at radius 1 is 1.12 bits per heavy atom. The van der Waals surface area contributed by atoms with Gasteiger partial charge in [0, 0.05) is 12.6 Å². The fourth-order valence-electron chi connectivity index (χ4n) is 2.31. The van der Waals surface area contributed by atoms with Crippen molar-refractivity contribution in [1.29, 1.82) is 0 Å². The molecule has 128 valence electrons. The first kappa shape index (κ1) is 18.0. The molecule has 5 nitrogen and oxygen atoms in total. The third-order valence-corrected chi connectivity index (χ3v) is 3.63. The van der Waals surface area contributed by atoms with Gasteiger partial charge in [0.1, 0.15) is 18.5 Å². The van der Waals surface area contributed by atoms with Crippen molar-refractivity contribution in [3.63, 3.8) is 0 Å². The number of para-hydroxylation sites is 1. The van der Waals surface area contributed by atoms with Gasteiger partial charge in [-0.1, -0.05) is 30.3 Å². The van der Waals surface area contributed by atoms with Crippen LogP contribution in [-0.4, -0.2) is 41.5 Å². The topological polar surface area (TPSA) is 78.8 Å². The highest BCUT2D eigenvalue weighted by atomic mass is 16.5. The first-order valence-corrected chi connectivity index (χ1v) is 7.96. The molecule has 0 amide bonds. The molecule has 2 rings (SSSR count). The number of carboxylic acid groups (broad SMARTS) is 1. The van der Waals surface area contributed by atoms with Gasteiger partial charge >= 0.3 is 5.97 Å². The molecule has 24 heavy (non-hydrogen) atoms. The van der Waals surface area contributed by atoms with E-state index in [-0.39, 0.29) is 18.2 Å². The molecule has 0 bridgehead atoms. The number of benzene rings is 2. The summed E-state index contributed by atoms with van der Waals surface area (Å²) in [5.74, 6) is -0.183. The van der Waals surface area contributed by atoms with Crippen LogP contribution in [0, 0.1) is 0 Å². The molecule has 0 aliphatic rings. The summed E-state index contributed by atoms with van der Waals surface area (Å²) in [6.07, 6.45) is 0.161. The van der Waals surface area contributed by atoms with Crippen molar-refractivity contribution in [3.05, 3.63) is 65.7 Å². The molecule has 0 saturated heterocycles. The molecule has 0 aromatic heterocycles. The molecule has 0 heterocycles. The van der Waals surface area contributed by atoms with Gasteiger partial charge in [-0.05, 0) is 43.2 Å². The number of carbonyl (C=O) groups is 1. The van der Waals surface area contributed by atoms with Crippen LogP contribution >= 0.6 is 0 Å². The second kappa shape index (κ2) is 9.05. The first-order chi connectivity index (χ1) is 11.5. The van der Waals surface area contributed by atoms with Crippen molar-refractivity contribution in [1.82, 2.24) is 5.32 Å². The zero-order valence-corrected chi connectivity index (χ0v) is 13.7. The van der Waals surface area contributed by atoms with Gasteiger partial charge in [-0.2, -0.15) is 0 Å². The molecule has 0 aliphatic heterocycles. The number of hydrogen-bond donors (Lipinski definition) is 3. The molecule has 2 atom stereocenters. The Morgan fingerprint density at radius 2 is 1.79 bits per heavy atom. The van der Waals surface area contributed by atoms with Crippen LogP contribution in [0.25, 0.3) is 0 Å². The van der Waals surface area contributed by atoms with Gasteiger partial charge in [-0.25, -0.2) is 4.79 Å². The summed E-state index contributed by atoms with van der Waals surface area (Å²) in [5.41, 5.74) is 1.34. The number of nitrogens with one attached hydrogen (secondary N) is 1. The van der Waals surface area contributed by atoms with E-state index in [1.807, 2.05) is 49.4 Å². The van der Waals surface area contributed by atoms with Crippen LogP contribution in [0.5, 0.6) is 5.75 Å². The van der Waals surface area contributed by atoms with E-state index in [0.717, 1.165) is 17.7 Å². The van der Waals surface area contributed by atoms with Gasteiger partial charge in [0.05, 0.1) is 5.56 Å². The lowest BCUT2D eigenvalue weighted by atomic mass is 10.1. The minimum Gasteiger partial charge on any atom is -0.491 e. The van der Waals surface area contributed by atoms with Crippen LogP contribution in [0.3, 0.4) is 0 Å². The highest BCUT2D eigenvalue weighted by molar-refractivity contribution is 5.87. The Hall–Kier alpha value is -2.37. The van der Waals surface area contributed by atoms with E-state index in [4.69, 9.17) is 9.84 Å². The summed E-state index contributed by atoms with van der Waals surface area (Å²) in [7, 11) is 0. The van der Waals surface area contributed by atoms with Gasteiger partial charge < -0.3 is 20.3 Å². The quantitative estimate of drug-likeness (QED) is 0.658. The number of rotatable bonds is 9. The van der Waals surface area contributed by atoms with Crippen molar-refractivity contribution < 1.29 is 19.7 Å². The monoisotopic (exact) mass is 329 g/mol. The Labute approximate surface area is 141 Å². The van der Waals surface area contributed by atoms with E-state index in [2.05, 4.69) is 5.32 Å². The summed E-state index contributed by atoms with van der Waals surface area (Å²) in [4.78, 5) is 10.8. The molecule has 3 N–H and O–H groups in total. The van der Waals surface area contributed by atoms with E-state index in [9.17, 15) is 9.90 Å². The second-order valence-corrected chi connectivity index (χ2v) is 5.79. The minimum atomic E-state index is -0.922. The molecule has 0 saturated carbocycles. The standard InChI is InChI=1S/C19H23NO4/c1-14(11-15-7-9-16(10-8-15)19(22)23)20-12-17(21)13-24-18-5-3-2-4-6-18/h2-10,14,17,20-21H,11-13H2,1H3,(H,22,23)/t14?,17-/m1/s1. The summed E-state index contributed by atoms with van der Waals surface area (Å²) in [5, 5.41) is 22.1. The SMILES string of the molecule is CC(Cc1ccc(C(=O)O)cc1)NC[C@@H](O)COc1ccccc1. The Bertz CT molecular complexity index is 628. The fraction of sp³-hybridized carbons (Fsp3) is 0.316. The maximum atomic E-state index is 10.8. The summed E-state index contributed by atoms with van der Waals surface area (Å²) >= 11 is 0. The lowest BCUT2D eigenvalue weighted by Crippen LogP contribution is -2.37. The van der Waals surface area contributed by atoms with Crippen molar-refractivity contribution in [2.45, 2.75) is 25.5 Å². The van der Waals surface area contributed by atoms with Gasteiger partial charge in [0.2, 0.25) is 0 Å². The molecular weight excluding hydrogens is 306 g/mol. The van der Waals surface area contributed by atoms with Crippen LogP contribution in [0.4, 0.5) is 0 Å². The van der Waals surface area contributed by atoms with Crippen LogP contribution in [0.15, 0.2) is 54.6 Å². The van der Waals surface area contributed by atoms with Crippen LogP contribution in [0.1, 0.15) is 22.8 Å². The average Bonchev–Trinajstić information content (AvgIpc) is 2.59. The second-order valence-electron chi connectivity index (χ2n) is 5.79. The number of aliphatic hydroxyl groups excluding tert-OH is 1. The van der Waals surface area contributed by atoms with E-state index in [0.29, 0.717) is 6.54 Å². The zero-order chi connectivity index (χ0) is 17.4. The van der Waals surface area contributed by atoms with Gasteiger partial charge in [0.25, 0.3) is 0 Å². The Balaban J connectivity index is 1.70. The van der Waals surface area contributed by atoms with Crippen molar-refractivity contribution >= 4 is 5.97 Å². The first-order valence-electron chi connectivity index (χ1n) is 7.96. The van der Waals surface area contributed by atoms with E-state index in [1.165, 1.54) is 0 Å². The molecule has 0 radical (unpaired) electrons. The molecular formula is C19H23NO4. The summed E-state index contributed by atoms with van der Waals surface area (Å²) in [6.45, 7) is 2.69. The van der Waals surface area contributed by atoms with Gasteiger partial charge in [0.15, 0.2) is 0 Å². The van der Waals surface area contributed by atoms with E-state index in [1.54, 1.807) is 12.1 Å². The molecule has 0 fully saturated rings. The third-order valence-electron chi connectivity index (χ3n) is 3.63. The number of aromatic carboxylic acids is 1. The number of hydrogen-bond acceptors (Lipinski definition) is 4. The van der Waals surface area contributed by atoms with Crippen LogP contribution < -0.4 is 10.1 Å². The van der Waals surface area contributed by atoms with Crippen molar-refractivity contribution in [2.75, 3.05) is 13.2 Å². The average molecular weight is 329 g/mol. The van der Waals surface area contributed by atoms with E-state index >= 15 is 0 Å². The maximum absolute atomic E-state index is 10.8. The van der Waals surface area contributed by atoms with Crippen LogP contribution in [-0.2, 0) is 6.42 Å². The Morgan fingerprint density at radius 3 is 2.42 bits per heavy atom. The molecule has 1 unspecified atom stereocenters. The normalized spacial score (nSPS) is 13.2. The maximum Gasteiger partial charge on any atom is 0.335 e. The molecule has 0 spiro atoms. The van der Waals surface area contributed by atoms with Crippen molar-refractivity contribution in [3.8, 4) is 5.75 Å². The predicted octanol–water partition coefficient (Wildman–Crippen LogP) is 2.35. The Kier molecular flexibility index (Phi) is 6.78. The predicted molar refractivity (Wildman–Crippen MR) is 92.5 cm³/mol. The zero-order valence-electron chi connectivity index (χ0n) is 13.7. The molecule has 0 aliphatic carbocycles. The number of ether oxygens (including phenoxy) is 1. The number of carboxylic acids is 1. The lowest BCUT2D eigenvalue weighted by Gasteiger charge is -2.18.